The molecule has 2 aromatic heterocycles. The van der Waals surface area contributed by atoms with Gasteiger partial charge in [0.25, 0.3) is 11.5 Å². The Balaban J connectivity index is 2.05. The molecule has 0 aliphatic rings. The summed E-state index contributed by atoms with van der Waals surface area (Å²) in [6.45, 7) is 8.33. The number of hydrogen-bond donors (Lipinski definition) is 2. The van der Waals surface area contributed by atoms with Gasteiger partial charge in [0.2, 0.25) is 0 Å². The van der Waals surface area contributed by atoms with E-state index in [2.05, 4.69) is 15.4 Å². The van der Waals surface area contributed by atoms with Crippen LogP contribution in [0.2, 0.25) is 0 Å². The Morgan fingerprint density at radius 3 is 2.50 bits per heavy atom. The minimum atomic E-state index is -0.647. The molecule has 30 heavy (non-hydrogen) atoms. The summed E-state index contributed by atoms with van der Waals surface area (Å²) in [6.07, 6.45) is 0. The molecule has 0 saturated heterocycles. The summed E-state index contributed by atoms with van der Waals surface area (Å²) < 4.78 is 1.41. The lowest BCUT2D eigenvalue weighted by molar-refractivity contribution is 0.0234. The standard InChI is InChI=1S/C22H26N4O4/c1-13(2)11-26-19-18(21(28)24-22(26)29)16(10-17(23-19)14(3)4)20(27)25-30-12-15-8-6-5-7-9-15/h5-10,13-14H,11-12H2,1-4H3,(H,25,27)(H,24,28,29). The van der Waals surface area contributed by atoms with E-state index in [0.29, 0.717) is 12.2 Å². The first-order valence-electron chi connectivity index (χ1n) is 9.91. The van der Waals surface area contributed by atoms with Crippen molar-refractivity contribution < 1.29 is 9.63 Å². The number of aromatic amines is 1. The maximum atomic E-state index is 12.9. The van der Waals surface area contributed by atoms with Crippen molar-refractivity contribution in [3.63, 3.8) is 0 Å². The normalized spacial score (nSPS) is 11.4. The van der Waals surface area contributed by atoms with Gasteiger partial charge in [-0.2, -0.15) is 0 Å². The molecule has 8 nitrogen and oxygen atoms in total. The zero-order valence-electron chi connectivity index (χ0n) is 17.6. The number of hydroxylamine groups is 1. The number of aromatic nitrogens is 3. The van der Waals surface area contributed by atoms with Gasteiger partial charge < -0.3 is 0 Å². The van der Waals surface area contributed by atoms with Crippen LogP contribution in [0.5, 0.6) is 0 Å². The molecule has 0 spiro atoms. The average Bonchev–Trinajstić information content (AvgIpc) is 2.70. The van der Waals surface area contributed by atoms with Crippen LogP contribution in [-0.2, 0) is 18.0 Å². The van der Waals surface area contributed by atoms with E-state index in [1.165, 1.54) is 4.57 Å². The van der Waals surface area contributed by atoms with E-state index < -0.39 is 17.2 Å². The molecule has 0 bridgehead atoms. The fourth-order valence-corrected chi connectivity index (χ4v) is 3.12. The highest BCUT2D eigenvalue weighted by Gasteiger charge is 2.21. The molecule has 3 rings (SSSR count). The van der Waals surface area contributed by atoms with E-state index >= 15 is 0 Å². The van der Waals surface area contributed by atoms with Gasteiger partial charge in [0.15, 0.2) is 5.65 Å². The van der Waals surface area contributed by atoms with Gasteiger partial charge in [-0.1, -0.05) is 58.0 Å². The van der Waals surface area contributed by atoms with Crippen molar-refractivity contribution in [2.75, 3.05) is 0 Å². The maximum absolute atomic E-state index is 12.9. The molecule has 0 fully saturated rings. The van der Waals surface area contributed by atoms with Crippen LogP contribution in [0.3, 0.4) is 0 Å². The first-order valence-corrected chi connectivity index (χ1v) is 9.91. The first kappa shape index (κ1) is 21.4. The number of pyridine rings is 1. The second-order valence-electron chi connectivity index (χ2n) is 7.92. The van der Waals surface area contributed by atoms with Gasteiger partial charge in [0, 0.05) is 12.2 Å². The smallest absolute Gasteiger partial charge is 0.277 e. The fourth-order valence-electron chi connectivity index (χ4n) is 3.12. The van der Waals surface area contributed by atoms with E-state index in [4.69, 9.17) is 4.84 Å². The molecule has 158 valence electrons. The Labute approximate surface area is 173 Å². The van der Waals surface area contributed by atoms with Crippen molar-refractivity contribution in [3.05, 3.63) is 74.1 Å². The highest BCUT2D eigenvalue weighted by Crippen LogP contribution is 2.20. The number of nitrogens with one attached hydrogen (secondary N) is 2. The Morgan fingerprint density at radius 2 is 1.87 bits per heavy atom. The second kappa shape index (κ2) is 9.04. The van der Waals surface area contributed by atoms with E-state index in [0.717, 1.165) is 5.56 Å². The van der Waals surface area contributed by atoms with Gasteiger partial charge in [0.1, 0.15) is 0 Å². The van der Waals surface area contributed by atoms with E-state index in [-0.39, 0.29) is 35.0 Å². The Bertz CT molecular complexity index is 1160. The topological polar surface area (TPSA) is 106 Å². The number of H-pyrrole nitrogens is 1. The van der Waals surface area contributed by atoms with Crippen molar-refractivity contribution in [1.29, 1.82) is 0 Å². The molecule has 0 aliphatic heterocycles. The SMILES string of the molecule is CC(C)Cn1c(=O)[nH]c(=O)c2c(C(=O)NOCc3ccccc3)cc(C(C)C)nc21. The minimum absolute atomic E-state index is 0.00641. The molecule has 0 aliphatic carbocycles. The number of amides is 1. The molecule has 0 radical (unpaired) electrons. The molecule has 8 heteroatoms. The highest BCUT2D eigenvalue weighted by molar-refractivity contribution is 6.04. The van der Waals surface area contributed by atoms with Crippen molar-refractivity contribution in [3.8, 4) is 0 Å². The number of rotatable bonds is 7. The summed E-state index contributed by atoms with van der Waals surface area (Å²) in [6, 6.07) is 11.0. The summed E-state index contributed by atoms with van der Waals surface area (Å²) >= 11 is 0. The maximum Gasteiger partial charge on any atom is 0.330 e. The van der Waals surface area contributed by atoms with Crippen LogP contribution in [0, 0.1) is 5.92 Å². The highest BCUT2D eigenvalue weighted by atomic mass is 16.6. The lowest BCUT2D eigenvalue weighted by atomic mass is 10.0. The molecule has 0 atom stereocenters. The van der Waals surface area contributed by atoms with Crippen LogP contribution in [0.25, 0.3) is 11.0 Å². The Kier molecular flexibility index (Phi) is 6.47. The number of nitrogens with zero attached hydrogens (tertiary/aromatic N) is 2. The minimum Gasteiger partial charge on any atom is -0.277 e. The third-order valence-corrected chi connectivity index (χ3v) is 4.60. The first-order chi connectivity index (χ1) is 14.3. The number of hydrogen-bond acceptors (Lipinski definition) is 5. The molecule has 0 unspecified atom stereocenters. The average molecular weight is 410 g/mol. The molecule has 1 aromatic carbocycles. The number of carbonyl (C=O) groups is 1. The molecular weight excluding hydrogens is 384 g/mol. The summed E-state index contributed by atoms with van der Waals surface area (Å²) in [5.41, 5.74) is 3.04. The zero-order chi connectivity index (χ0) is 21.8. The lowest BCUT2D eigenvalue weighted by Gasteiger charge is -2.16. The van der Waals surface area contributed by atoms with Gasteiger partial charge >= 0.3 is 5.69 Å². The lowest BCUT2D eigenvalue weighted by Crippen LogP contribution is -2.34. The van der Waals surface area contributed by atoms with Crippen LogP contribution < -0.4 is 16.7 Å². The van der Waals surface area contributed by atoms with Gasteiger partial charge in [-0.3, -0.25) is 24.0 Å². The molecule has 2 heterocycles. The number of carbonyl (C=O) groups excluding carboxylic acids is 1. The van der Waals surface area contributed by atoms with E-state index in [1.54, 1.807) is 6.07 Å². The molecule has 2 N–H and O–H groups in total. The van der Waals surface area contributed by atoms with Gasteiger partial charge in [-0.05, 0) is 23.5 Å². The quantitative estimate of drug-likeness (QED) is 0.583. The Morgan fingerprint density at radius 1 is 1.17 bits per heavy atom. The molecule has 1 amide bonds. The van der Waals surface area contributed by atoms with Gasteiger partial charge in [0.05, 0.1) is 17.6 Å². The molecule has 3 aromatic rings. The monoisotopic (exact) mass is 410 g/mol. The third kappa shape index (κ3) is 4.65. The number of benzene rings is 1. The summed E-state index contributed by atoms with van der Waals surface area (Å²) in [7, 11) is 0. The number of fused-ring (bicyclic) bond motifs is 1. The largest absolute Gasteiger partial charge is 0.330 e. The van der Waals surface area contributed by atoms with Crippen LogP contribution >= 0.6 is 0 Å². The second-order valence-corrected chi connectivity index (χ2v) is 7.92. The summed E-state index contributed by atoms with van der Waals surface area (Å²) in [5.74, 6) is -0.429. The third-order valence-electron chi connectivity index (χ3n) is 4.60. The van der Waals surface area contributed by atoms with Crippen LogP contribution in [0.15, 0.2) is 46.0 Å². The van der Waals surface area contributed by atoms with Crippen molar-refractivity contribution in [2.45, 2.75) is 46.8 Å². The predicted octanol–water partition coefficient (Wildman–Crippen LogP) is 2.73. The predicted molar refractivity (Wildman–Crippen MR) is 114 cm³/mol. The van der Waals surface area contributed by atoms with Crippen LogP contribution in [0.1, 0.15) is 55.2 Å². The summed E-state index contributed by atoms with van der Waals surface area (Å²) in [4.78, 5) is 50.1. The fraction of sp³-hybridized carbons (Fsp3) is 0.364. The van der Waals surface area contributed by atoms with Crippen molar-refractivity contribution in [1.82, 2.24) is 20.0 Å². The molecular formula is C22H26N4O4. The zero-order valence-corrected chi connectivity index (χ0v) is 17.6. The van der Waals surface area contributed by atoms with Crippen molar-refractivity contribution in [2.24, 2.45) is 5.92 Å². The molecule has 0 saturated carbocycles. The van der Waals surface area contributed by atoms with Crippen LogP contribution in [-0.4, -0.2) is 20.4 Å². The van der Waals surface area contributed by atoms with Crippen LogP contribution in [0.4, 0.5) is 0 Å². The summed E-state index contributed by atoms with van der Waals surface area (Å²) in [5, 5.41) is 0.0699. The Hall–Kier alpha value is -3.26. The van der Waals surface area contributed by atoms with E-state index in [1.807, 2.05) is 58.0 Å². The van der Waals surface area contributed by atoms with Gasteiger partial charge in [-0.15, -0.1) is 0 Å². The van der Waals surface area contributed by atoms with E-state index in [9.17, 15) is 14.4 Å². The van der Waals surface area contributed by atoms with Gasteiger partial charge in [-0.25, -0.2) is 15.3 Å². The van der Waals surface area contributed by atoms with Crippen molar-refractivity contribution >= 4 is 16.9 Å².